The molecule has 0 spiro atoms. The second-order valence-electron chi connectivity index (χ2n) is 5.30. The first-order valence-corrected chi connectivity index (χ1v) is 7.71. The molecule has 6 heteroatoms. The fourth-order valence-corrected chi connectivity index (χ4v) is 2.83. The van der Waals surface area contributed by atoms with Crippen LogP contribution in [-0.2, 0) is 6.42 Å². The molecule has 1 N–H and O–H groups in total. The van der Waals surface area contributed by atoms with Crippen molar-refractivity contribution in [3.8, 4) is 22.8 Å². The lowest BCUT2D eigenvalue weighted by atomic mass is 10.1. The molecule has 3 heterocycles. The lowest BCUT2D eigenvalue weighted by Crippen LogP contribution is -2.03. The zero-order chi connectivity index (χ0) is 15.6. The third kappa shape index (κ3) is 2.42. The van der Waals surface area contributed by atoms with Crippen LogP contribution in [0.4, 0.5) is 5.95 Å². The maximum absolute atomic E-state index is 5.66. The molecule has 0 aliphatic carbocycles. The summed E-state index contributed by atoms with van der Waals surface area (Å²) in [5.74, 6) is 2.41. The monoisotopic (exact) mass is 307 g/mol. The van der Waals surface area contributed by atoms with E-state index in [0.717, 1.165) is 42.4 Å². The van der Waals surface area contributed by atoms with Crippen LogP contribution in [0.2, 0.25) is 0 Å². The number of anilines is 1. The number of fused-ring (bicyclic) bond motifs is 1. The molecule has 0 atom stereocenters. The van der Waals surface area contributed by atoms with Gasteiger partial charge in [-0.1, -0.05) is 6.07 Å². The molecule has 0 saturated heterocycles. The van der Waals surface area contributed by atoms with Gasteiger partial charge in [0.1, 0.15) is 11.6 Å². The summed E-state index contributed by atoms with van der Waals surface area (Å²) in [6.45, 7) is 3.54. The van der Waals surface area contributed by atoms with E-state index in [1.807, 2.05) is 25.3 Å². The molecule has 3 aromatic rings. The van der Waals surface area contributed by atoms with Gasteiger partial charge in [-0.05, 0) is 19.1 Å². The third-order valence-electron chi connectivity index (χ3n) is 3.86. The van der Waals surface area contributed by atoms with Gasteiger partial charge in [0.25, 0.3) is 0 Å². The van der Waals surface area contributed by atoms with E-state index in [1.54, 1.807) is 18.6 Å². The van der Waals surface area contributed by atoms with Gasteiger partial charge in [-0.15, -0.1) is 0 Å². The SMILES string of the molecule is CCNc1ncc(-c2nccn2-c2cccc3c2CCO3)cn1. The van der Waals surface area contributed by atoms with E-state index in [9.17, 15) is 0 Å². The number of nitrogens with zero attached hydrogens (tertiary/aromatic N) is 4. The molecular formula is C17H17N5O. The van der Waals surface area contributed by atoms with Gasteiger partial charge < -0.3 is 10.1 Å². The molecule has 0 saturated carbocycles. The summed E-state index contributed by atoms with van der Waals surface area (Å²) in [5.41, 5.74) is 3.20. The van der Waals surface area contributed by atoms with Crippen molar-refractivity contribution in [2.75, 3.05) is 18.5 Å². The summed E-state index contributed by atoms with van der Waals surface area (Å²) in [7, 11) is 0. The first-order valence-electron chi connectivity index (χ1n) is 7.71. The molecule has 0 radical (unpaired) electrons. The van der Waals surface area contributed by atoms with E-state index in [1.165, 1.54) is 5.56 Å². The first kappa shape index (κ1) is 13.8. The molecule has 6 nitrogen and oxygen atoms in total. The highest BCUT2D eigenvalue weighted by atomic mass is 16.5. The van der Waals surface area contributed by atoms with Crippen molar-refractivity contribution < 1.29 is 4.74 Å². The average molecular weight is 307 g/mol. The van der Waals surface area contributed by atoms with Gasteiger partial charge in [0, 0.05) is 43.3 Å². The smallest absolute Gasteiger partial charge is 0.222 e. The molecule has 0 unspecified atom stereocenters. The van der Waals surface area contributed by atoms with Crippen LogP contribution in [0.5, 0.6) is 5.75 Å². The molecule has 1 aromatic carbocycles. The summed E-state index contributed by atoms with van der Waals surface area (Å²) in [4.78, 5) is 13.1. The molecule has 0 amide bonds. The predicted octanol–water partition coefficient (Wildman–Crippen LogP) is 2.70. The summed E-state index contributed by atoms with van der Waals surface area (Å²) in [6.07, 6.45) is 8.26. The number of ether oxygens (including phenoxy) is 1. The minimum absolute atomic E-state index is 0.628. The molecule has 4 rings (SSSR count). The normalized spacial score (nSPS) is 12.7. The number of nitrogens with one attached hydrogen (secondary N) is 1. The van der Waals surface area contributed by atoms with Gasteiger partial charge in [0.2, 0.25) is 5.95 Å². The van der Waals surface area contributed by atoms with Crippen LogP contribution in [-0.4, -0.2) is 32.7 Å². The zero-order valence-electron chi connectivity index (χ0n) is 12.9. The second kappa shape index (κ2) is 5.72. The molecule has 1 aliphatic heterocycles. The van der Waals surface area contributed by atoms with Crippen molar-refractivity contribution >= 4 is 5.95 Å². The van der Waals surface area contributed by atoms with Gasteiger partial charge in [0.15, 0.2) is 0 Å². The first-order chi connectivity index (χ1) is 11.4. The largest absolute Gasteiger partial charge is 0.493 e. The van der Waals surface area contributed by atoms with E-state index in [-0.39, 0.29) is 0 Å². The Hall–Kier alpha value is -2.89. The Morgan fingerprint density at radius 3 is 2.91 bits per heavy atom. The maximum atomic E-state index is 5.66. The Kier molecular flexibility index (Phi) is 3.42. The quantitative estimate of drug-likeness (QED) is 0.803. The van der Waals surface area contributed by atoms with Crippen LogP contribution in [0.25, 0.3) is 17.1 Å². The van der Waals surface area contributed by atoms with Crippen LogP contribution >= 0.6 is 0 Å². The Morgan fingerprint density at radius 2 is 2.09 bits per heavy atom. The molecular weight excluding hydrogens is 290 g/mol. The summed E-state index contributed by atoms with van der Waals surface area (Å²) in [6, 6.07) is 6.11. The molecule has 0 bridgehead atoms. The number of rotatable bonds is 4. The summed E-state index contributed by atoms with van der Waals surface area (Å²) in [5, 5.41) is 3.09. The van der Waals surface area contributed by atoms with E-state index in [4.69, 9.17) is 4.74 Å². The fourth-order valence-electron chi connectivity index (χ4n) is 2.83. The van der Waals surface area contributed by atoms with Crippen molar-refractivity contribution in [2.45, 2.75) is 13.3 Å². The molecule has 23 heavy (non-hydrogen) atoms. The number of imidazole rings is 1. The van der Waals surface area contributed by atoms with Gasteiger partial charge >= 0.3 is 0 Å². The standard InChI is InChI=1S/C17H17N5O/c1-2-18-17-20-10-12(11-21-17)16-19-7-8-22(16)14-4-3-5-15-13(14)6-9-23-15/h3-5,7-8,10-11H,2,6,9H2,1H3,(H,18,20,21). The topological polar surface area (TPSA) is 64.9 Å². The number of benzene rings is 1. The molecule has 0 fully saturated rings. The van der Waals surface area contributed by atoms with Gasteiger partial charge in [-0.2, -0.15) is 0 Å². The van der Waals surface area contributed by atoms with Crippen molar-refractivity contribution in [2.24, 2.45) is 0 Å². The lowest BCUT2D eigenvalue weighted by Gasteiger charge is -2.11. The van der Waals surface area contributed by atoms with E-state index in [0.29, 0.717) is 5.95 Å². The van der Waals surface area contributed by atoms with Crippen LogP contribution in [0.15, 0.2) is 43.0 Å². The van der Waals surface area contributed by atoms with Crippen molar-refractivity contribution in [1.29, 1.82) is 0 Å². The van der Waals surface area contributed by atoms with Crippen molar-refractivity contribution in [3.05, 3.63) is 48.5 Å². The summed E-state index contributed by atoms with van der Waals surface area (Å²) < 4.78 is 7.73. The molecule has 1 aliphatic rings. The van der Waals surface area contributed by atoms with Crippen LogP contribution in [0.3, 0.4) is 0 Å². The maximum Gasteiger partial charge on any atom is 0.222 e. The van der Waals surface area contributed by atoms with Crippen molar-refractivity contribution in [3.63, 3.8) is 0 Å². The number of hydrogen-bond acceptors (Lipinski definition) is 5. The number of hydrogen-bond donors (Lipinski definition) is 1. The van der Waals surface area contributed by atoms with E-state index < -0.39 is 0 Å². The minimum Gasteiger partial charge on any atom is -0.493 e. The lowest BCUT2D eigenvalue weighted by molar-refractivity contribution is 0.357. The van der Waals surface area contributed by atoms with E-state index >= 15 is 0 Å². The summed E-state index contributed by atoms with van der Waals surface area (Å²) >= 11 is 0. The highest BCUT2D eigenvalue weighted by molar-refractivity contribution is 5.61. The molecule has 2 aromatic heterocycles. The Labute approximate surface area is 134 Å². The minimum atomic E-state index is 0.628. The highest BCUT2D eigenvalue weighted by Gasteiger charge is 2.19. The third-order valence-corrected chi connectivity index (χ3v) is 3.86. The van der Waals surface area contributed by atoms with Crippen LogP contribution < -0.4 is 10.1 Å². The van der Waals surface area contributed by atoms with Gasteiger partial charge in [-0.25, -0.2) is 15.0 Å². The van der Waals surface area contributed by atoms with Crippen LogP contribution in [0, 0.1) is 0 Å². The number of aromatic nitrogens is 4. The van der Waals surface area contributed by atoms with Gasteiger partial charge in [-0.3, -0.25) is 4.57 Å². The highest BCUT2D eigenvalue weighted by Crippen LogP contribution is 2.32. The second-order valence-corrected chi connectivity index (χ2v) is 5.30. The average Bonchev–Trinajstić information content (AvgIpc) is 3.25. The van der Waals surface area contributed by atoms with E-state index in [2.05, 4.69) is 30.9 Å². The van der Waals surface area contributed by atoms with Gasteiger partial charge in [0.05, 0.1) is 17.9 Å². The van der Waals surface area contributed by atoms with Crippen molar-refractivity contribution in [1.82, 2.24) is 19.5 Å². The predicted molar refractivity (Wildman–Crippen MR) is 88.0 cm³/mol. The Balaban J connectivity index is 1.76. The molecule has 116 valence electrons. The Bertz CT molecular complexity index is 825. The zero-order valence-corrected chi connectivity index (χ0v) is 12.9. The Morgan fingerprint density at radius 1 is 1.22 bits per heavy atom. The van der Waals surface area contributed by atoms with Crippen LogP contribution in [0.1, 0.15) is 12.5 Å². The fraction of sp³-hybridized carbons (Fsp3) is 0.235.